The second-order valence-corrected chi connectivity index (χ2v) is 8.85. The van der Waals surface area contributed by atoms with Crippen molar-refractivity contribution in [1.82, 2.24) is 4.90 Å². The predicted octanol–water partition coefficient (Wildman–Crippen LogP) is 7.12. The summed E-state index contributed by atoms with van der Waals surface area (Å²) in [6.45, 7) is 14.0. The summed E-state index contributed by atoms with van der Waals surface area (Å²) in [6, 6.07) is 3.62. The average Bonchev–Trinajstić information content (AvgIpc) is 2.81. The maximum absolute atomic E-state index is 12.9. The van der Waals surface area contributed by atoms with E-state index in [1.165, 1.54) is 16.7 Å². The fourth-order valence-corrected chi connectivity index (χ4v) is 3.69. The second-order valence-electron chi connectivity index (χ2n) is 8.85. The van der Waals surface area contributed by atoms with E-state index in [4.69, 9.17) is 14.2 Å². The molecule has 0 saturated heterocycles. The Balaban J connectivity index is 3.00. The van der Waals surface area contributed by atoms with Gasteiger partial charge in [0, 0.05) is 31.3 Å². The molecule has 0 atom stereocenters. The maximum atomic E-state index is 12.9. The van der Waals surface area contributed by atoms with Gasteiger partial charge in [0.25, 0.3) is 5.91 Å². The summed E-state index contributed by atoms with van der Waals surface area (Å²) in [5.41, 5.74) is 5.61. The van der Waals surface area contributed by atoms with Crippen LogP contribution in [-0.4, -0.2) is 44.9 Å². The number of methoxy groups -OCH3 is 2. The van der Waals surface area contributed by atoms with Crippen LogP contribution in [0.15, 0.2) is 47.1 Å². The maximum Gasteiger partial charge on any atom is 0.254 e. The molecule has 0 heterocycles. The quantitative estimate of drug-likeness (QED) is 0.202. The topological polar surface area (TPSA) is 48.0 Å². The summed E-state index contributed by atoms with van der Waals surface area (Å²) in [5, 5.41) is 0. The summed E-state index contributed by atoms with van der Waals surface area (Å²) in [6.07, 6.45) is 11.8. The Bertz CT molecular complexity index is 859. The van der Waals surface area contributed by atoms with Gasteiger partial charge in [0.2, 0.25) is 0 Å². The van der Waals surface area contributed by atoms with Gasteiger partial charge in [-0.15, -0.1) is 0 Å². The summed E-state index contributed by atoms with van der Waals surface area (Å²) >= 11 is 0. The minimum Gasteiger partial charge on any atom is -0.496 e. The molecule has 5 heteroatoms. The molecule has 0 aromatic heterocycles. The van der Waals surface area contributed by atoms with Gasteiger partial charge in [-0.2, -0.15) is 0 Å². The Morgan fingerprint density at radius 2 is 1.47 bits per heavy atom. The zero-order valence-electron chi connectivity index (χ0n) is 22.6. The fourth-order valence-electron chi connectivity index (χ4n) is 3.69. The molecular weight excluding hydrogens is 426 g/mol. The number of hydrogen-bond donors (Lipinski definition) is 0. The third-order valence-corrected chi connectivity index (χ3v) is 5.80. The first-order valence-electron chi connectivity index (χ1n) is 12.3. The Labute approximate surface area is 207 Å². The number of carbonyl (C=O) groups is 1. The lowest BCUT2D eigenvalue weighted by molar-refractivity contribution is 0.0501. The van der Waals surface area contributed by atoms with Crippen LogP contribution in [0.1, 0.15) is 83.1 Å². The summed E-state index contributed by atoms with van der Waals surface area (Å²) in [7, 11) is 3.21. The van der Waals surface area contributed by atoms with Gasteiger partial charge in [-0.1, -0.05) is 34.9 Å². The number of rotatable bonds is 15. The van der Waals surface area contributed by atoms with Crippen LogP contribution in [0, 0.1) is 0 Å². The van der Waals surface area contributed by atoms with E-state index in [-0.39, 0.29) is 12.7 Å². The lowest BCUT2D eigenvalue weighted by atomic mass is 10.0. The van der Waals surface area contributed by atoms with E-state index in [0.717, 1.165) is 31.2 Å². The fraction of sp³-hybridized carbons (Fsp3) is 0.552. The van der Waals surface area contributed by atoms with Crippen LogP contribution in [0.25, 0.3) is 0 Å². The Kier molecular flexibility index (Phi) is 14.0. The molecule has 0 bridgehead atoms. The molecule has 0 spiro atoms. The van der Waals surface area contributed by atoms with Gasteiger partial charge in [0.05, 0.1) is 7.11 Å². The first-order valence-corrected chi connectivity index (χ1v) is 12.3. The minimum atomic E-state index is -0.0319. The van der Waals surface area contributed by atoms with Crippen LogP contribution in [0.4, 0.5) is 0 Å². The molecule has 0 aliphatic carbocycles. The number of ether oxygens (including phenoxy) is 3. The molecule has 0 aliphatic heterocycles. The van der Waals surface area contributed by atoms with Crippen LogP contribution in [0.2, 0.25) is 0 Å². The Morgan fingerprint density at radius 3 is 2.03 bits per heavy atom. The molecule has 1 amide bonds. The lowest BCUT2D eigenvalue weighted by Crippen LogP contribution is -2.30. The highest BCUT2D eigenvalue weighted by molar-refractivity contribution is 5.95. The Morgan fingerprint density at radius 1 is 0.882 bits per heavy atom. The van der Waals surface area contributed by atoms with Crippen molar-refractivity contribution in [2.45, 2.75) is 73.6 Å². The molecule has 1 aromatic rings. The standard InChI is InChI=1S/C29H45NO4/c1-9-30(10-2)29(31)25-19-27(33-8)26(28(20-25)34-21-32-7)18-17-24(6)16-12-15-23(5)14-11-13-22(3)4/h13,15,17,19-20H,9-12,14,16,18,21H2,1-8H3/b23-15+,24-17+. The van der Waals surface area contributed by atoms with Gasteiger partial charge in [0.15, 0.2) is 6.79 Å². The van der Waals surface area contributed by atoms with Gasteiger partial charge in [-0.25, -0.2) is 0 Å². The van der Waals surface area contributed by atoms with Crippen LogP contribution in [-0.2, 0) is 11.2 Å². The highest BCUT2D eigenvalue weighted by Crippen LogP contribution is 2.32. The average molecular weight is 472 g/mol. The summed E-state index contributed by atoms with van der Waals surface area (Å²) in [4.78, 5) is 14.7. The van der Waals surface area contributed by atoms with Crippen molar-refractivity contribution in [1.29, 1.82) is 0 Å². The molecule has 0 fully saturated rings. The highest BCUT2D eigenvalue weighted by Gasteiger charge is 2.19. The largest absolute Gasteiger partial charge is 0.496 e. The molecule has 1 rings (SSSR count). The molecule has 5 nitrogen and oxygen atoms in total. The van der Waals surface area contributed by atoms with Gasteiger partial charge in [-0.05, 0) is 85.8 Å². The first kappa shape index (κ1) is 29.5. The molecule has 0 N–H and O–H groups in total. The summed E-state index contributed by atoms with van der Waals surface area (Å²) in [5.74, 6) is 1.24. The van der Waals surface area contributed by atoms with Gasteiger partial charge in [0.1, 0.15) is 11.5 Å². The van der Waals surface area contributed by atoms with E-state index in [2.05, 4.69) is 45.9 Å². The third-order valence-electron chi connectivity index (χ3n) is 5.80. The number of carbonyl (C=O) groups excluding carboxylic acids is 1. The molecule has 34 heavy (non-hydrogen) atoms. The van der Waals surface area contributed by atoms with Crippen LogP contribution in [0.5, 0.6) is 11.5 Å². The van der Waals surface area contributed by atoms with E-state index in [9.17, 15) is 4.79 Å². The molecule has 0 aliphatic rings. The van der Waals surface area contributed by atoms with E-state index in [0.29, 0.717) is 36.6 Å². The van der Waals surface area contributed by atoms with Crippen molar-refractivity contribution in [3.05, 3.63) is 58.2 Å². The number of benzene rings is 1. The van der Waals surface area contributed by atoms with Crippen molar-refractivity contribution in [3.8, 4) is 11.5 Å². The lowest BCUT2D eigenvalue weighted by Gasteiger charge is -2.21. The number of allylic oxidation sites excluding steroid dienone is 6. The zero-order valence-corrected chi connectivity index (χ0v) is 22.6. The highest BCUT2D eigenvalue weighted by atomic mass is 16.7. The molecule has 0 saturated carbocycles. The monoisotopic (exact) mass is 471 g/mol. The predicted molar refractivity (Wildman–Crippen MR) is 142 cm³/mol. The molecule has 0 unspecified atom stereocenters. The number of nitrogens with zero attached hydrogens (tertiary/aromatic N) is 1. The van der Waals surface area contributed by atoms with Crippen molar-refractivity contribution in [2.75, 3.05) is 34.1 Å². The van der Waals surface area contributed by atoms with E-state index < -0.39 is 0 Å². The first-order chi connectivity index (χ1) is 16.3. The molecule has 190 valence electrons. The molecule has 0 radical (unpaired) electrons. The number of hydrogen-bond acceptors (Lipinski definition) is 4. The van der Waals surface area contributed by atoms with E-state index in [1.807, 2.05) is 19.9 Å². The minimum absolute atomic E-state index is 0.0319. The van der Waals surface area contributed by atoms with Crippen LogP contribution in [0.3, 0.4) is 0 Å². The van der Waals surface area contributed by atoms with E-state index in [1.54, 1.807) is 25.2 Å². The van der Waals surface area contributed by atoms with Gasteiger partial charge >= 0.3 is 0 Å². The van der Waals surface area contributed by atoms with Crippen LogP contribution < -0.4 is 9.47 Å². The SMILES string of the molecule is CCN(CC)C(=O)c1cc(OC)c(C/C=C(\C)CC/C=C(\C)CCC=C(C)C)c(OCOC)c1. The Hall–Kier alpha value is -2.53. The van der Waals surface area contributed by atoms with Crippen molar-refractivity contribution >= 4 is 5.91 Å². The summed E-state index contributed by atoms with van der Waals surface area (Å²) < 4.78 is 16.6. The van der Waals surface area contributed by atoms with Crippen molar-refractivity contribution in [3.63, 3.8) is 0 Å². The third kappa shape index (κ3) is 10.2. The second kappa shape index (κ2) is 16.2. The van der Waals surface area contributed by atoms with Crippen molar-refractivity contribution in [2.24, 2.45) is 0 Å². The molecule has 1 aromatic carbocycles. The van der Waals surface area contributed by atoms with Crippen LogP contribution >= 0.6 is 0 Å². The van der Waals surface area contributed by atoms with E-state index >= 15 is 0 Å². The van der Waals surface area contributed by atoms with Gasteiger partial charge in [-0.3, -0.25) is 4.79 Å². The zero-order chi connectivity index (χ0) is 25.5. The number of amides is 1. The molecular formula is C29H45NO4. The normalized spacial score (nSPS) is 11.9. The van der Waals surface area contributed by atoms with Gasteiger partial charge < -0.3 is 19.1 Å². The van der Waals surface area contributed by atoms with Crippen molar-refractivity contribution < 1.29 is 19.0 Å². The smallest absolute Gasteiger partial charge is 0.254 e.